The first-order valence-corrected chi connectivity index (χ1v) is 5.88. The summed E-state index contributed by atoms with van der Waals surface area (Å²) in [5, 5.41) is 3.30. The van der Waals surface area contributed by atoms with Crippen LogP contribution >= 0.6 is 0 Å². The van der Waals surface area contributed by atoms with Gasteiger partial charge in [0.1, 0.15) is 0 Å². The molecule has 1 saturated carbocycles. The average Bonchev–Trinajstić information content (AvgIpc) is 2.93. The second kappa shape index (κ2) is 3.23. The summed E-state index contributed by atoms with van der Waals surface area (Å²) in [7, 11) is 0. The van der Waals surface area contributed by atoms with E-state index in [1.807, 2.05) is 0 Å². The number of fused-ring (bicyclic) bond motifs is 2. The molecule has 1 N–H and O–H groups in total. The molecule has 2 aliphatic heterocycles. The van der Waals surface area contributed by atoms with E-state index in [9.17, 15) is 4.79 Å². The van der Waals surface area contributed by atoms with Crippen molar-refractivity contribution in [1.29, 1.82) is 0 Å². The van der Waals surface area contributed by atoms with Crippen LogP contribution in [0.4, 0.5) is 0 Å². The molecule has 3 unspecified atom stereocenters. The van der Waals surface area contributed by atoms with Crippen LogP contribution in [0.15, 0.2) is 0 Å². The summed E-state index contributed by atoms with van der Waals surface area (Å²) in [5.74, 6) is 1.21. The predicted octanol–water partition coefficient (Wildman–Crippen LogP) is 0.749. The topological polar surface area (TPSA) is 32.3 Å². The molecule has 0 spiro atoms. The molecule has 14 heavy (non-hydrogen) atoms. The van der Waals surface area contributed by atoms with Crippen molar-refractivity contribution in [1.82, 2.24) is 10.2 Å². The highest BCUT2D eigenvalue weighted by Gasteiger charge is 2.42. The average molecular weight is 194 g/mol. The monoisotopic (exact) mass is 194 g/mol. The van der Waals surface area contributed by atoms with Crippen molar-refractivity contribution in [3.05, 3.63) is 0 Å². The van der Waals surface area contributed by atoms with Crippen LogP contribution in [-0.4, -0.2) is 36.0 Å². The van der Waals surface area contributed by atoms with Gasteiger partial charge in [0, 0.05) is 12.6 Å². The molecule has 3 aliphatic rings. The van der Waals surface area contributed by atoms with Gasteiger partial charge in [0.25, 0.3) is 0 Å². The normalized spacial score (nSPS) is 40.9. The third-order valence-electron chi connectivity index (χ3n) is 4.05. The molecule has 3 atom stereocenters. The van der Waals surface area contributed by atoms with E-state index in [0.717, 1.165) is 25.4 Å². The summed E-state index contributed by atoms with van der Waals surface area (Å²) in [6.45, 7) is 2.07. The molecule has 3 rings (SSSR count). The standard InChI is InChI=1S/C11H18N2O/c14-11(10-2-1-5-12-10)13-7-8-3-4-9(13)6-8/h8-10,12H,1-7H2. The number of nitrogens with one attached hydrogen (secondary N) is 1. The molecule has 78 valence electrons. The minimum Gasteiger partial charge on any atom is -0.338 e. The molecule has 0 aromatic carbocycles. The van der Waals surface area contributed by atoms with Gasteiger partial charge in [-0.15, -0.1) is 0 Å². The van der Waals surface area contributed by atoms with E-state index >= 15 is 0 Å². The van der Waals surface area contributed by atoms with E-state index in [4.69, 9.17) is 0 Å². The fourth-order valence-electron chi connectivity index (χ4n) is 3.29. The first-order valence-electron chi connectivity index (χ1n) is 5.88. The summed E-state index contributed by atoms with van der Waals surface area (Å²) in [4.78, 5) is 14.3. The van der Waals surface area contributed by atoms with Crippen LogP contribution in [-0.2, 0) is 4.79 Å². The summed E-state index contributed by atoms with van der Waals surface area (Å²) in [6.07, 6.45) is 6.10. The smallest absolute Gasteiger partial charge is 0.239 e. The molecule has 0 aromatic heterocycles. The molecule has 0 radical (unpaired) electrons. The molecule has 1 amide bonds. The Balaban J connectivity index is 1.67. The Labute approximate surface area is 84.8 Å². The minimum atomic E-state index is 0.148. The second-order valence-electron chi connectivity index (χ2n) is 4.97. The van der Waals surface area contributed by atoms with Gasteiger partial charge in [-0.3, -0.25) is 4.79 Å². The summed E-state index contributed by atoms with van der Waals surface area (Å²) in [5.41, 5.74) is 0. The number of likely N-dealkylation sites (tertiary alicyclic amines) is 1. The zero-order valence-electron chi connectivity index (χ0n) is 8.54. The lowest BCUT2D eigenvalue weighted by molar-refractivity contribution is -0.134. The van der Waals surface area contributed by atoms with E-state index in [-0.39, 0.29) is 6.04 Å². The van der Waals surface area contributed by atoms with Gasteiger partial charge in [-0.05, 0) is 44.6 Å². The summed E-state index contributed by atoms with van der Waals surface area (Å²) >= 11 is 0. The van der Waals surface area contributed by atoms with Crippen molar-refractivity contribution in [2.24, 2.45) is 5.92 Å². The van der Waals surface area contributed by atoms with Gasteiger partial charge in [0.2, 0.25) is 5.91 Å². The predicted molar refractivity (Wildman–Crippen MR) is 53.9 cm³/mol. The number of amides is 1. The maximum Gasteiger partial charge on any atom is 0.239 e. The number of carbonyl (C=O) groups excluding carboxylic acids is 1. The SMILES string of the molecule is O=C(C1CCCN1)N1CC2CCC1C2. The van der Waals surface area contributed by atoms with Crippen LogP contribution in [0.5, 0.6) is 0 Å². The van der Waals surface area contributed by atoms with Crippen molar-refractivity contribution in [2.45, 2.75) is 44.2 Å². The Bertz CT molecular complexity index is 248. The number of carbonyl (C=O) groups is 1. The molecule has 2 saturated heterocycles. The van der Waals surface area contributed by atoms with Gasteiger partial charge in [-0.2, -0.15) is 0 Å². The molecule has 3 nitrogen and oxygen atoms in total. The maximum atomic E-state index is 12.1. The molecule has 3 heteroatoms. The summed E-state index contributed by atoms with van der Waals surface area (Å²) < 4.78 is 0. The van der Waals surface area contributed by atoms with E-state index in [2.05, 4.69) is 10.2 Å². The van der Waals surface area contributed by atoms with Crippen LogP contribution in [0.25, 0.3) is 0 Å². The van der Waals surface area contributed by atoms with Crippen LogP contribution < -0.4 is 5.32 Å². The van der Waals surface area contributed by atoms with Gasteiger partial charge in [-0.1, -0.05) is 0 Å². The largest absolute Gasteiger partial charge is 0.338 e. The first kappa shape index (κ1) is 8.72. The molecule has 2 bridgehead atoms. The fourth-order valence-corrected chi connectivity index (χ4v) is 3.29. The van der Waals surface area contributed by atoms with Crippen LogP contribution in [0.3, 0.4) is 0 Å². The highest BCUT2D eigenvalue weighted by molar-refractivity contribution is 5.82. The Morgan fingerprint density at radius 3 is 2.79 bits per heavy atom. The quantitative estimate of drug-likeness (QED) is 0.668. The Morgan fingerprint density at radius 2 is 2.21 bits per heavy atom. The van der Waals surface area contributed by atoms with Crippen LogP contribution in [0, 0.1) is 5.92 Å². The van der Waals surface area contributed by atoms with Crippen molar-refractivity contribution in [3.63, 3.8) is 0 Å². The first-order chi connectivity index (χ1) is 6.84. The van der Waals surface area contributed by atoms with E-state index in [1.165, 1.54) is 25.7 Å². The highest BCUT2D eigenvalue weighted by atomic mass is 16.2. The lowest BCUT2D eigenvalue weighted by Gasteiger charge is -2.29. The van der Waals surface area contributed by atoms with Crippen LogP contribution in [0.2, 0.25) is 0 Å². The molecule has 2 heterocycles. The van der Waals surface area contributed by atoms with Crippen molar-refractivity contribution in [2.75, 3.05) is 13.1 Å². The lowest BCUT2D eigenvalue weighted by atomic mass is 10.1. The Kier molecular flexibility index (Phi) is 2.01. The van der Waals surface area contributed by atoms with E-state index < -0.39 is 0 Å². The van der Waals surface area contributed by atoms with E-state index in [0.29, 0.717) is 11.9 Å². The van der Waals surface area contributed by atoms with Crippen molar-refractivity contribution in [3.8, 4) is 0 Å². The number of piperidine rings is 1. The van der Waals surface area contributed by atoms with E-state index in [1.54, 1.807) is 0 Å². The number of hydrogen-bond donors (Lipinski definition) is 1. The number of rotatable bonds is 1. The fraction of sp³-hybridized carbons (Fsp3) is 0.909. The zero-order valence-corrected chi connectivity index (χ0v) is 8.54. The zero-order chi connectivity index (χ0) is 9.54. The molecule has 3 fully saturated rings. The van der Waals surface area contributed by atoms with Gasteiger partial charge in [-0.25, -0.2) is 0 Å². The van der Waals surface area contributed by atoms with Gasteiger partial charge >= 0.3 is 0 Å². The van der Waals surface area contributed by atoms with Crippen molar-refractivity contribution >= 4 is 5.91 Å². The maximum absolute atomic E-state index is 12.1. The highest BCUT2D eigenvalue weighted by Crippen LogP contribution is 2.37. The van der Waals surface area contributed by atoms with Crippen molar-refractivity contribution < 1.29 is 4.79 Å². The summed E-state index contributed by atoms with van der Waals surface area (Å²) in [6, 6.07) is 0.740. The van der Waals surface area contributed by atoms with Crippen LogP contribution in [0.1, 0.15) is 32.1 Å². The lowest BCUT2D eigenvalue weighted by Crippen LogP contribution is -2.46. The van der Waals surface area contributed by atoms with Gasteiger partial charge in [0.15, 0.2) is 0 Å². The molecular weight excluding hydrogens is 176 g/mol. The molecule has 0 aromatic rings. The Hall–Kier alpha value is -0.570. The third kappa shape index (κ3) is 1.26. The third-order valence-corrected chi connectivity index (χ3v) is 4.05. The number of hydrogen-bond acceptors (Lipinski definition) is 2. The van der Waals surface area contributed by atoms with Gasteiger partial charge < -0.3 is 10.2 Å². The number of nitrogens with zero attached hydrogens (tertiary/aromatic N) is 1. The molecule has 1 aliphatic carbocycles. The van der Waals surface area contributed by atoms with Gasteiger partial charge in [0.05, 0.1) is 6.04 Å². The second-order valence-corrected chi connectivity index (χ2v) is 4.97. The minimum absolute atomic E-state index is 0.148. The Morgan fingerprint density at radius 1 is 1.29 bits per heavy atom. The molecular formula is C11H18N2O.